The van der Waals surface area contributed by atoms with Crippen LogP contribution in [0.1, 0.15) is 19.3 Å². The lowest BCUT2D eigenvalue weighted by Gasteiger charge is -2.16. The van der Waals surface area contributed by atoms with Crippen molar-refractivity contribution in [1.29, 1.82) is 0 Å². The first-order chi connectivity index (χ1) is 10.3. The number of amides is 1. The molecule has 2 aromatic heterocycles. The van der Waals surface area contributed by atoms with E-state index in [0.717, 1.165) is 31.2 Å². The van der Waals surface area contributed by atoms with Gasteiger partial charge < -0.3 is 15.7 Å². The Balaban J connectivity index is 1.88. The number of aromatic nitrogens is 4. The third-order valence-corrected chi connectivity index (χ3v) is 3.59. The molecule has 0 spiro atoms. The standard InChI is InChI=1S/C13H18N6O2/c20-6-5-19-12-9(7-17-19)11(15-8-16-12)18-10-3-1-2-4-14-13(10)21/h7-8,10,20H,1-6H2,(H,14,21)(H,15,16,18). The lowest BCUT2D eigenvalue weighted by Crippen LogP contribution is -2.38. The Bertz CT molecular complexity index is 641. The van der Waals surface area contributed by atoms with Crippen LogP contribution in [0.3, 0.4) is 0 Å². The third-order valence-electron chi connectivity index (χ3n) is 3.59. The molecule has 0 saturated carbocycles. The number of aliphatic hydroxyl groups excluding tert-OH is 1. The van der Waals surface area contributed by atoms with Gasteiger partial charge in [0, 0.05) is 6.54 Å². The minimum absolute atomic E-state index is 0.00186. The molecule has 8 nitrogen and oxygen atoms in total. The van der Waals surface area contributed by atoms with Crippen LogP contribution in [0.5, 0.6) is 0 Å². The molecule has 3 N–H and O–H groups in total. The van der Waals surface area contributed by atoms with Crippen molar-refractivity contribution in [1.82, 2.24) is 25.1 Å². The lowest BCUT2D eigenvalue weighted by molar-refractivity contribution is -0.121. The fraction of sp³-hybridized carbons (Fsp3) is 0.538. The molecule has 0 aromatic carbocycles. The van der Waals surface area contributed by atoms with Gasteiger partial charge >= 0.3 is 0 Å². The summed E-state index contributed by atoms with van der Waals surface area (Å²) in [5.74, 6) is 0.605. The molecule has 1 atom stereocenters. The zero-order valence-corrected chi connectivity index (χ0v) is 11.6. The van der Waals surface area contributed by atoms with Gasteiger partial charge in [0.25, 0.3) is 0 Å². The van der Waals surface area contributed by atoms with Gasteiger partial charge in [-0.3, -0.25) is 4.79 Å². The van der Waals surface area contributed by atoms with Crippen LogP contribution in [0.4, 0.5) is 5.82 Å². The Morgan fingerprint density at radius 3 is 3.19 bits per heavy atom. The van der Waals surface area contributed by atoms with Gasteiger partial charge in [-0.15, -0.1) is 0 Å². The summed E-state index contributed by atoms with van der Waals surface area (Å²) < 4.78 is 1.62. The van der Waals surface area contributed by atoms with E-state index in [2.05, 4.69) is 25.7 Å². The number of nitrogens with one attached hydrogen (secondary N) is 2. The topological polar surface area (TPSA) is 105 Å². The van der Waals surface area contributed by atoms with Crippen LogP contribution < -0.4 is 10.6 Å². The van der Waals surface area contributed by atoms with Crippen molar-refractivity contribution >= 4 is 22.8 Å². The molecular formula is C13H18N6O2. The largest absolute Gasteiger partial charge is 0.394 e. The molecule has 3 rings (SSSR count). The van der Waals surface area contributed by atoms with Crippen LogP contribution in [0.25, 0.3) is 11.0 Å². The molecule has 8 heteroatoms. The Morgan fingerprint density at radius 1 is 1.43 bits per heavy atom. The van der Waals surface area contributed by atoms with Crippen LogP contribution in [-0.4, -0.2) is 50.0 Å². The maximum Gasteiger partial charge on any atom is 0.242 e. The molecule has 0 radical (unpaired) electrons. The van der Waals surface area contributed by atoms with Crippen LogP contribution >= 0.6 is 0 Å². The summed E-state index contributed by atoms with van der Waals surface area (Å²) in [5, 5.41) is 20.0. The van der Waals surface area contributed by atoms with Gasteiger partial charge in [-0.25, -0.2) is 14.6 Å². The SMILES string of the molecule is O=C1NCCCCC1Nc1ncnc2c1cnn2CCO. The third kappa shape index (κ3) is 2.80. The number of hydrogen-bond donors (Lipinski definition) is 3. The monoisotopic (exact) mass is 290 g/mol. The molecule has 1 aliphatic rings. The predicted molar refractivity (Wildman–Crippen MR) is 76.7 cm³/mol. The van der Waals surface area contributed by atoms with Gasteiger partial charge in [0.1, 0.15) is 18.2 Å². The van der Waals surface area contributed by atoms with E-state index in [0.29, 0.717) is 18.0 Å². The first-order valence-corrected chi connectivity index (χ1v) is 7.11. The Morgan fingerprint density at radius 2 is 2.33 bits per heavy atom. The summed E-state index contributed by atoms with van der Waals surface area (Å²) in [6.45, 7) is 1.10. The summed E-state index contributed by atoms with van der Waals surface area (Å²) in [6, 6.07) is -0.285. The van der Waals surface area contributed by atoms with Gasteiger partial charge in [-0.2, -0.15) is 5.10 Å². The highest BCUT2D eigenvalue weighted by atomic mass is 16.3. The highest BCUT2D eigenvalue weighted by Gasteiger charge is 2.22. The van der Waals surface area contributed by atoms with Gasteiger partial charge in [0.2, 0.25) is 5.91 Å². The number of aliphatic hydroxyl groups is 1. The Labute approximate surface area is 121 Å². The molecule has 1 unspecified atom stereocenters. The van der Waals surface area contributed by atoms with Gasteiger partial charge in [0.15, 0.2) is 5.65 Å². The van der Waals surface area contributed by atoms with Crippen LogP contribution in [0, 0.1) is 0 Å². The van der Waals surface area contributed by atoms with Crippen molar-refractivity contribution in [3.05, 3.63) is 12.5 Å². The minimum atomic E-state index is -0.285. The highest BCUT2D eigenvalue weighted by Crippen LogP contribution is 2.20. The van der Waals surface area contributed by atoms with Crippen LogP contribution in [0.15, 0.2) is 12.5 Å². The number of rotatable bonds is 4. The molecule has 1 aliphatic heterocycles. The first kappa shape index (κ1) is 13.7. The second-order valence-corrected chi connectivity index (χ2v) is 5.03. The van der Waals surface area contributed by atoms with E-state index in [1.165, 1.54) is 6.33 Å². The van der Waals surface area contributed by atoms with Crippen molar-refractivity contribution in [2.75, 3.05) is 18.5 Å². The van der Waals surface area contributed by atoms with E-state index >= 15 is 0 Å². The van der Waals surface area contributed by atoms with Crippen LogP contribution in [0.2, 0.25) is 0 Å². The molecule has 1 amide bonds. The van der Waals surface area contributed by atoms with E-state index < -0.39 is 0 Å². The Kier molecular flexibility index (Phi) is 3.96. The molecule has 1 saturated heterocycles. The summed E-state index contributed by atoms with van der Waals surface area (Å²) in [5.41, 5.74) is 0.649. The second-order valence-electron chi connectivity index (χ2n) is 5.03. The highest BCUT2D eigenvalue weighted by molar-refractivity contribution is 5.90. The van der Waals surface area contributed by atoms with E-state index in [-0.39, 0.29) is 18.6 Å². The van der Waals surface area contributed by atoms with Crippen molar-refractivity contribution in [2.45, 2.75) is 31.8 Å². The lowest BCUT2D eigenvalue weighted by atomic mass is 10.1. The van der Waals surface area contributed by atoms with E-state index in [9.17, 15) is 4.79 Å². The van der Waals surface area contributed by atoms with Crippen molar-refractivity contribution in [2.24, 2.45) is 0 Å². The van der Waals surface area contributed by atoms with Gasteiger partial charge in [-0.05, 0) is 19.3 Å². The van der Waals surface area contributed by atoms with E-state index in [1.807, 2.05) is 0 Å². The molecule has 0 aliphatic carbocycles. The van der Waals surface area contributed by atoms with Crippen molar-refractivity contribution in [3.8, 4) is 0 Å². The number of nitrogens with zero attached hydrogens (tertiary/aromatic N) is 4. The smallest absolute Gasteiger partial charge is 0.242 e. The fourth-order valence-electron chi connectivity index (χ4n) is 2.51. The average Bonchev–Trinajstić information content (AvgIpc) is 2.79. The van der Waals surface area contributed by atoms with Crippen molar-refractivity contribution < 1.29 is 9.90 Å². The number of fused-ring (bicyclic) bond motifs is 1. The van der Waals surface area contributed by atoms with Crippen LogP contribution in [-0.2, 0) is 11.3 Å². The van der Waals surface area contributed by atoms with E-state index in [4.69, 9.17) is 5.11 Å². The summed E-state index contributed by atoms with van der Waals surface area (Å²) in [7, 11) is 0. The summed E-state index contributed by atoms with van der Waals surface area (Å²) in [6.07, 6.45) is 5.87. The summed E-state index contributed by atoms with van der Waals surface area (Å²) >= 11 is 0. The average molecular weight is 290 g/mol. The van der Waals surface area contributed by atoms with Crippen molar-refractivity contribution in [3.63, 3.8) is 0 Å². The maximum absolute atomic E-state index is 12.0. The first-order valence-electron chi connectivity index (χ1n) is 7.11. The predicted octanol–water partition coefficient (Wildman–Crippen LogP) is -0.101. The molecule has 1 fully saturated rings. The molecular weight excluding hydrogens is 272 g/mol. The number of carbonyl (C=O) groups excluding carboxylic acids is 1. The molecule has 21 heavy (non-hydrogen) atoms. The molecule has 3 heterocycles. The molecule has 0 bridgehead atoms. The normalized spacial score (nSPS) is 19.3. The zero-order valence-electron chi connectivity index (χ0n) is 11.6. The Hall–Kier alpha value is -2.22. The van der Waals surface area contributed by atoms with Gasteiger partial charge in [-0.1, -0.05) is 0 Å². The minimum Gasteiger partial charge on any atom is -0.394 e. The van der Waals surface area contributed by atoms with E-state index in [1.54, 1.807) is 10.9 Å². The number of anilines is 1. The van der Waals surface area contributed by atoms with Gasteiger partial charge in [0.05, 0.1) is 24.7 Å². The zero-order chi connectivity index (χ0) is 14.7. The second kappa shape index (κ2) is 6.04. The number of carbonyl (C=O) groups is 1. The molecule has 2 aromatic rings. The maximum atomic E-state index is 12.0. The summed E-state index contributed by atoms with van der Waals surface area (Å²) in [4.78, 5) is 20.4. The quantitative estimate of drug-likeness (QED) is 0.726. The number of hydrogen-bond acceptors (Lipinski definition) is 6. The molecule has 112 valence electrons. The fourth-order valence-corrected chi connectivity index (χ4v) is 2.51.